The Labute approximate surface area is 113 Å². The van der Waals surface area contributed by atoms with Gasteiger partial charge < -0.3 is 10.1 Å². The molecule has 0 radical (unpaired) electrons. The van der Waals surface area contributed by atoms with Crippen LogP contribution in [0.1, 0.15) is 29.3 Å². The first-order chi connectivity index (χ1) is 9.38. The molecule has 3 nitrogen and oxygen atoms in total. The van der Waals surface area contributed by atoms with E-state index in [0.717, 1.165) is 25.1 Å². The number of para-hydroxylation sites is 1. The smallest absolute Gasteiger partial charge is 0.123 e. The lowest BCUT2D eigenvalue weighted by Crippen LogP contribution is -2.19. The van der Waals surface area contributed by atoms with Crippen molar-refractivity contribution in [3.8, 4) is 5.75 Å². The lowest BCUT2D eigenvalue weighted by molar-refractivity contribution is 0.404. The maximum absolute atomic E-state index is 5.37. The van der Waals surface area contributed by atoms with Gasteiger partial charge in [-0.2, -0.15) is 0 Å². The van der Waals surface area contributed by atoms with Gasteiger partial charge in [-0.05, 0) is 30.5 Å². The van der Waals surface area contributed by atoms with E-state index < -0.39 is 0 Å². The maximum Gasteiger partial charge on any atom is 0.123 e. The Morgan fingerprint density at radius 1 is 1.26 bits per heavy atom. The molecule has 0 bridgehead atoms. The van der Waals surface area contributed by atoms with E-state index in [4.69, 9.17) is 4.74 Å². The van der Waals surface area contributed by atoms with Crippen molar-refractivity contribution < 1.29 is 4.74 Å². The molecule has 1 aliphatic carbocycles. The Balaban J connectivity index is 1.71. The third-order valence-electron chi connectivity index (χ3n) is 3.69. The van der Waals surface area contributed by atoms with Crippen LogP contribution in [0.5, 0.6) is 5.75 Å². The molecule has 0 saturated carbocycles. The molecule has 0 aliphatic heterocycles. The number of rotatable bonds is 4. The summed E-state index contributed by atoms with van der Waals surface area (Å²) >= 11 is 0. The predicted molar refractivity (Wildman–Crippen MR) is 75.1 cm³/mol. The second-order valence-electron chi connectivity index (χ2n) is 4.83. The van der Waals surface area contributed by atoms with E-state index >= 15 is 0 Å². The number of nitrogens with zero attached hydrogens (tertiary/aromatic N) is 1. The predicted octanol–water partition coefficient (Wildman–Crippen LogP) is 2.87. The monoisotopic (exact) mass is 254 g/mol. The van der Waals surface area contributed by atoms with Crippen LogP contribution in [-0.2, 0) is 13.0 Å². The molecule has 3 heteroatoms. The summed E-state index contributed by atoms with van der Waals surface area (Å²) in [5.41, 5.74) is 3.77. The van der Waals surface area contributed by atoms with Crippen molar-refractivity contribution >= 4 is 0 Å². The fourth-order valence-corrected chi connectivity index (χ4v) is 2.69. The van der Waals surface area contributed by atoms with Crippen molar-refractivity contribution in [2.24, 2.45) is 0 Å². The minimum atomic E-state index is 0.362. The van der Waals surface area contributed by atoms with Gasteiger partial charge in [-0.3, -0.25) is 4.98 Å². The number of hydrogen-bond donors (Lipinski definition) is 1. The molecule has 19 heavy (non-hydrogen) atoms. The molecule has 1 unspecified atom stereocenters. The minimum absolute atomic E-state index is 0.362. The highest BCUT2D eigenvalue weighted by atomic mass is 16.5. The third kappa shape index (κ3) is 2.47. The molecule has 1 aromatic carbocycles. The largest absolute Gasteiger partial charge is 0.496 e. The molecule has 1 aromatic heterocycles. The Bertz CT molecular complexity index is 568. The van der Waals surface area contributed by atoms with E-state index in [1.165, 1.54) is 16.8 Å². The van der Waals surface area contributed by atoms with Gasteiger partial charge in [0.1, 0.15) is 5.75 Å². The number of nitrogens with one attached hydrogen (secondary N) is 1. The molecule has 2 aromatic rings. The van der Waals surface area contributed by atoms with Crippen molar-refractivity contribution in [2.45, 2.75) is 25.4 Å². The van der Waals surface area contributed by atoms with E-state index in [0.29, 0.717) is 6.04 Å². The molecular weight excluding hydrogens is 236 g/mol. The minimum Gasteiger partial charge on any atom is -0.496 e. The van der Waals surface area contributed by atoms with Crippen LogP contribution in [0.4, 0.5) is 0 Å². The van der Waals surface area contributed by atoms with Crippen LogP contribution in [-0.4, -0.2) is 12.1 Å². The van der Waals surface area contributed by atoms with Crippen molar-refractivity contribution in [2.75, 3.05) is 7.11 Å². The molecule has 3 rings (SSSR count). The van der Waals surface area contributed by atoms with E-state index in [1.54, 1.807) is 7.11 Å². The Hall–Kier alpha value is -1.87. The third-order valence-corrected chi connectivity index (χ3v) is 3.69. The molecule has 1 aliphatic rings. The lowest BCUT2D eigenvalue weighted by atomic mass is 10.1. The number of fused-ring (bicyclic) bond motifs is 1. The summed E-state index contributed by atoms with van der Waals surface area (Å²) < 4.78 is 5.37. The summed E-state index contributed by atoms with van der Waals surface area (Å²) in [7, 11) is 1.71. The summed E-state index contributed by atoms with van der Waals surface area (Å²) in [6.07, 6.45) is 4.12. The van der Waals surface area contributed by atoms with Gasteiger partial charge >= 0.3 is 0 Å². The summed E-state index contributed by atoms with van der Waals surface area (Å²) in [4.78, 5) is 4.50. The lowest BCUT2D eigenvalue weighted by Gasteiger charge is -2.14. The fraction of sp³-hybridized carbons (Fsp3) is 0.312. The molecule has 0 spiro atoms. The summed E-state index contributed by atoms with van der Waals surface area (Å²) in [6.45, 7) is 0.810. The van der Waals surface area contributed by atoms with Gasteiger partial charge in [0, 0.05) is 18.3 Å². The number of benzene rings is 1. The molecule has 1 N–H and O–H groups in total. The summed E-state index contributed by atoms with van der Waals surface area (Å²) in [5, 5.41) is 3.59. The van der Waals surface area contributed by atoms with Gasteiger partial charge in [0.2, 0.25) is 0 Å². The van der Waals surface area contributed by atoms with Gasteiger partial charge in [0.05, 0.1) is 18.8 Å². The van der Waals surface area contributed by atoms with Gasteiger partial charge in [0.25, 0.3) is 0 Å². The molecule has 0 fully saturated rings. The first-order valence-corrected chi connectivity index (χ1v) is 6.67. The van der Waals surface area contributed by atoms with Gasteiger partial charge in [-0.15, -0.1) is 0 Å². The molecule has 0 saturated heterocycles. The fourth-order valence-electron chi connectivity index (χ4n) is 2.69. The van der Waals surface area contributed by atoms with Crippen LogP contribution in [0.15, 0.2) is 42.6 Å². The maximum atomic E-state index is 5.37. The highest BCUT2D eigenvalue weighted by Crippen LogP contribution is 2.29. The number of methoxy groups -OCH3 is 1. The van der Waals surface area contributed by atoms with Gasteiger partial charge in [0.15, 0.2) is 0 Å². The normalized spacial score (nSPS) is 17.2. The molecule has 1 heterocycles. The van der Waals surface area contributed by atoms with Crippen LogP contribution in [0.3, 0.4) is 0 Å². The van der Waals surface area contributed by atoms with Gasteiger partial charge in [-0.25, -0.2) is 0 Å². The first kappa shape index (κ1) is 12.2. The zero-order valence-electron chi connectivity index (χ0n) is 11.1. The standard InChI is InChI=1S/C16H18N2O/c1-19-15-7-3-2-5-13(15)11-18-14-9-8-12-6-4-10-17-16(12)14/h2-7,10,14,18H,8-9,11H2,1H3. The number of aromatic nitrogens is 1. The van der Waals surface area contributed by atoms with Crippen LogP contribution in [0, 0.1) is 0 Å². The van der Waals surface area contributed by atoms with Crippen molar-refractivity contribution in [3.05, 3.63) is 59.4 Å². The van der Waals surface area contributed by atoms with E-state index in [9.17, 15) is 0 Å². The number of hydrogen-bond acceptors (Lipinski definition) is 3. The molecule has 1 atom stereocenters. The Morgan fingerprint density at radius 2 is 2.16 bits per heavy atom. The van der Waals surface area contributed by atoms with Crippen molar-refractivity contribution in [3.63, 3.8) is 0 Å². The first-order valence-electron chi connectivity index (χ1n) is 6.67. The molecule has 98 valence electrons. The van der Waals surface area contributed by atoms with Crippen LogP contribution in [0.2, 0.25) is 0 Å². The summed E-state index contributed by atoms with van der Waals surface area (Å²) in [6, 6.07) is 12.7. The quantitative estimate of drug-likeness (QED) is 0.911. The van der Waals surface area contributed by atoms with Crippen LogP contribution >= 0.6 is 0 Å². The zero-order chi connectivity index (χ0) is 13.1. The Morgan fingerprint density at radius 3 is 3.05 bits per heavy atom. The SMILES string of the molecule is COc1ccccc1CNC1CCc2cccnc21. The van der Waals surface area contributed by atoms with Crippen molar-refractivity contribution in [1.29, 1.82) is 0 Å². The average Bonchev–Trinajstić information content (AvgIpc) is 2.89. The van der Waals surface area contributed by atoms with Crippen LogP contribution in [0.25, 0.3) is 0 Å². The highest BCUT2D eigenvalue weighted by molar-refractivity contribution is 5.34. The average molecular weight is 254 g/mol. The zero-order valence-corrected chi connectivity index (χ0v) is 11.1. The van der Waals surface area contributed by atoms with Gasteiger partial charge in [-0.1, -0.05) is 24.3 Å². The summed E-state index contributed by atoms with van der Waals surface area (Å²) in [5.74, 6) is 0.939. The number of aryl methyl sites for hydroxylation is 1. The highest BCUT2D eigenvalue weighted by Gasteiger charge is 2.22. The van der Waals surface area contributed by atoms with E-state index in [-0.39, 0.29) is 0 Å². The second-order valence-corrected chi connectivity index (χ2v) is 4.83. The van der Waals surface area contributed by atoms with Crippen LogP contribution < -0.4 is 10.1 Å². The van der Waals surface area contributed by atoms with E-state index in [2.05, 4.69) is 22.4 Å². The molecular formula is C16H18N2O. The second kappa shape index (κ2) is 5.41. The molecule has 0 amide bonds. The van der Waals surface area contributed by atoms with Crippen molar-refractivity contribution in [1.82, 2.24) is 10.3 Å². The number of pyridine rings is 1. The Kier molecular flexibility index (Phi) is 3.47. The topological polar surface area (TPSA) is 34.1 Å². The van der Waals surface area contributed by atoms with E-state index in [1.807, 2.05) is 30.5 Å². The number of ether oxygens (including phenoxy) is 1.